The summed E-state index contributed by atoms with van der Waals surface area (Å²) in [7, 11) is 0. The van der Waals surface area contributed by atoms with E-state index < -0.39 is 0 Å². The number of benzene rings is 1. The number of hydrogen-bond donors (Lipinski definition) is 0. The van der Waals surface area contributed by atoms with Gasteiger partial charge in [-0.3, -0.25) is 0 Å². The molecule has 3 aromatic heterocycles. The highest BCUT2D eigenvalue weighted by atomic mass is 32.2. The van der Waals surface area contributed by atoms with Gasteiger partial charge >= 0.3 is 0 Å². The molecule has 0 fully saturated rings. The van der Waals surface area contributed by atoms with Crippen molar-refractivity contribution in [3.8, 4) is 10.8 Å². The van der Waals surface area contributed by atoms with Crippen LogP contribution >= 0.6 is 23.1 Å². The zero-order valence-electron chi connectivity index (χ0n) is 10.9. The van der Waals surface area contributed by atoms with Gasteiger partial charge in [0.2, 0.25) is 0 Å². The predicted molar refractivity (Wildman–Crippen MR) is 81.2 cm³/mol. The van der Waals surface area contributed by atoms with Crippen LogP contribution in [0.5, 0.6) is 0 Å². The zero-order chi connectivity index (χ0) is 14.9. The third-order valence-electron chi connectivity index (χ3n) is 2.88. The molecule has 0 radical (unpaired) electrons. The highest BCUT2D eigenvalue weighted by molar-refractivity contribution is 7.99. The van der Waals surface area contributed by atoms with Gasteiger partial charge in [-0.2, -0.15) is 0 Å². The summed E-state index contributed by atoms with van der Waals surface area (Å²) in [5.41, 5.74) is 0.664. The highest BCUT2D eigenvalue weighted by Gasteiger charge is 2.13. The second kappa shape index (κ2) is 5.47. The summed E-state index contributed by atoms with van der Waals surface area (Å²) in [6, 6.07) is 8.20. The molecule has 22 heavy (non-hydrogen) atoms. The third kappa shape index (κ3) is 2.46. The Morgan fingerprint density at radius 1 is 1.14 bits per heavy atom. The van der Waals surface area contributed by atoms with Crippen LogP contribution in [0.1, 0.15) is 0 Å². The fourth-order valence-electron chi connectivity index (χ4n) is 1.92. The lowest BCUT2D eigenvalue weighted by Gasteiger charge is -2.01. The standard InChI is InChI=1S/C14H7FN4OS2/c15-8-3-4-10-9(6-8)13(17-7-16-10)22-14-19-18-12(20-14)11-2-1-5-21-11/h1-7H. The second-order valence-corrected chi connectivity index (χ2v) is 6.18. The maximum Gasteiger partial charge on any atom is 0.283 e. The van der Waals surface area contributed by atoms with E-state index >= 15 is 0 Å². The van der Waals surface area contributed by atoms with Crippen molar-refractivity contribution in [1.29, 1.82) is 0 Å². The van der Waals surface area contributed by atoms with Crippen molar-refractivity contribution in [2.24, 2.45) is 0 Å². The van der Waals surface area contributed by atoms with E-state index in [9.17, 15) is 4.39 Å². The van der Waals surface area contributed by atoms with E-state index in [4.69, 9.17) is 4.42 Å². The van der Waals surface area contributed by atoms with Gasteiger partial charge in [0.15, 0.2) is 0 Å². The molecule has 4 rings (SSSR count). The maximum atomic E-state index is 13.4. The normalized spacial score (nSPS) is 11.1. The number of nitrogens with zero attached hydrogens (tertiary/aromatic N) is 4. The molecule has 0 saturated heterocycles. The van der Waals surface area contributed by atoms with Crippen molar-refractivity contribution < 1.29 is 8.81 Å². The van der Waals surface area contributed by atoms with Crippen LogP contribution in [-0.2, 0) is 0 Å². The van der Waals surface area contributed by atoms with E-state index in [0.717, 1.165) is 4.88 Å². The van der Waals surface area contributed by atoms with E-state index in [1.54, 1.807) is 6.07 Å². The SMILES string of the molecule is Fc1ccc2ncnc(Sc3nnc(-c4cccs4)o3)c2c1. The van der Waals surface area contributed by atoms with Gasteiger partial charge in [-0.15, -0.1) is 21.5 Å². The first-order valence-corrected chi connectivity index (χ1v) is 7.95. The smallest absolute Gasteiger partial charge is 0.283 e. The molecule has 0 atom stereocenters. The molecule has 0 aliphatic rings. The fourth-order valence-corrected chi connectivity index (χ4v) is 3.31. The van der Waals surface area contributed by atoms with Gasteiger partial charge < -0.3 is 4.42 Å². The minimum atomic E-state index is -0.339. The highest BCUT2D eigenvalue weighted by Crippen LogP contribution is 2.32. The Bertz CT molecular complexity index is 939. The van der Waals surface area contributed by atoms with E-state index in [1.807, 2.05) is 17.5 Å². The quantitative estimate of drug-likeness (QED) is 0.528. The van der Waals surface area contributed by atoms with Gasteiger partial charge in [-0.05, 0) is 41.4 Å². The molecule has 0 saturated carbocycles. The van der Waals surface area contributed by atoms with Crippen LogP contribution in [-0.4, -0.2) is 20.2 Å². The number of rotatable bonds is 3. The van der Waals surface area contributed by atoms with Crippen LogP contribution in [0.4, 0.5) is 4.39 Å². The number of hydrogen-bond acceptors (Lipinski definition) is 7. The average molecular weight is 330 g/mol. The molecule has 0 amide bonds. The lowest BCUT2D eigenvalue weighted by Crippen LogP contribution is -1.88. The molecule has 4 aromatic rings. The Hall–Kier alpha value is -2.32. The van der Waals surface area contributed by atoms with Gasteiger partial charge in [0.25, 0.3) is 11.1 Å². The summed E-state index contributed by atoms with van der Waals surface area (Å²) >= 11 is 2.71. The van der Waals surface area contributed by atoms with Gasteiger partial charge in [0.05, 0.1) is 10.4 Å². The van der Waals surface area contributed by atoms with E-state index in [1.165, 1.54) is 41.6 Å². The molecule has 0 bridgehead atoms. The first kappa shape index (κ1) is 13.4. The molecule has 1 aromatic carbocycles. The van der Waals surface area contributed by atoms with E-state index in [-0.39, 0.29) is 5.82 Å². The molecular formula is C14H7FN4OS2. The summed E-state index contributed by atoms with van der Waals surface area (Å²) in [6.45, 7) is 0. The minimum Gasteiger partial charge on any atom is -0.410 e. The second-order valence-electron chi connectivity index (χ2n) is 4.29. The Labute approximate surface area is 132 Å². The van der Waals surface area contributed by atoms with Crippen LogP contribution in [0.3, 0.4) is 0 Å². The lowest BCUT2D eigenvalue weighted by atomic mass is 10.2. The molecule has 0 spiro atoms. The van der Waals surface area contributed by atoms with Crippen LogP contribution in [0.15, 0.2) is 56.7 Å². The molecule has 3 heterocycles. The first-order chi connectivity index (χ1) is 10.8. The lowest BCUT2D eigenvalue weighted by molar-refractivity contribution is 0.466. The Balaban J connectivity index is 1.71. The van der Waals surface area contributed by atoms with Crippen molar-refractivity contribution in [1.82, 2.24) is 20.2 Å². The van der Waals surface area contributed by atoms with Crippen molar-refractivity contribution >= 4 is 34.0 Å². The molecule has 0 unspecified atom stereocenters. The maximum absolute atomic E-state index is 13.4. The fraction of sp³-hybridized carbons (Fsp3) is 0. The van der Waals surface area contributed by atoms with Crippen LogP contribution in [0.2, 0.25) is 0 Å². The summed E-state index contributed by atoms with van der Waals surface area (Å²) in [5.74, 6) is 0.121. The summed E-state index contributed by atoms with van der Waals surface area (Å²) in [6.07, 6.45) is 1.43. The van der Waals surface area contributed by atoms with Crippen LogP contribution in [0.25, 0.3) is 21.7 Å². The monoisotopic (exact) mass is 330 g/mol. The Morgan fingerprint density at radius 3 is 2.95 bits per heavy atom. The molecule has 5 nitrogen and oxygen atoms in total. The number of halogens is 1. The van der Waals surface area contributed by atoms with E-state index in [0.29, 0.717) is 27.0 Å². The van der Waals surface area contributed by atoms with Crippen molar-refractivity contribution in [2.45, 2.75) is 10.2 Å². The number of fused-ring (bicyclic) bond motifs is 1. The number of thiophene rings is 1. The molecule has 0 aliphatic heterocycles. The molecule has 108 valence electrons. The summed E-state index contributed by atoms with van der Waals surface area (Å²) in [5, 5.41) is 11.5. The van der Waals surface area contributed by atoms with Crippen LogP contribution in [0, 0.1) is 5.82 Å². The van der Waals surface area contributed by atoms with Crippen molar-refractivity contribution in [3.63, 3.8) is 0 Å². The first-order valence-electron chi connectivity index (χ1n) is 6.25. The van der Waals surface area contributed by atoms with Gasteiger partial charge in [0.1, 0.15) is 17.2 Å². The third-order valence-corrected chi connectivity index (χ3v) is 4.60. The van der Waals surface area contributed by atoms with Gasteiger partial charge in [-0.1, -0.05) is 6.07 Å². The predicted octanol–water partition coefficient (Wildman–Crippen LogP) is 4.03. The topological polar surface area (TPSA) is 64.7 Å². The Kier molecular flexibility index (Phi) is 3.32. The zero-order valence-corrected chi connectivity index (χ0v) is 12.6. The number of aromatic nitrogens is 4. The molecular weight excluding hydrogens is 323 g/mol. The largest absolute Gasteiger partial charge is 0.410 e. The van der Waals surface area contributed by atoms with Crippen molar-refractivity contribution in [2.75, 3.05) is 0 Å². The molecule has 0 N–H and O–H groups in total. The van der Waals surface area contributed by atoms with Crippen LogP contribution < -0.4 is 0 Å². The minimum absolute atomic E-state index is 0.339. The summed E-state index contributed by atoms with van der Waals surface area (Å²) in [4.78, 5) is 9.19. The average Bonchev–Trinajstić information content (AvgIpc) is 3.18. The molecule has 0 aliphatic carbocycles. The van der Waals surface area contributed by atoms with E-state index in [2.05, 4.69) is 20.2 Å². The molecule has 8 heteroatoms. The Morgan fingerprint density at radius 2 is 2.09 bits per heavy atom. The van der Waals surface area contributed by atoms with Gasteiger partial charge in [0, 0.05) is 5.39 Å². The van der Waals surface area contributed by atoms with Crippen molar-refractivity contribution in [3.05, 3.63) is 47.9 Å². The van der Waals surface area contributed by atoms with Gasteiger partial charge in [-0.25, -0.2) is 14.4 Å². The summed E-state index contributed by atoms with van der Waals surface area (Å²) < 4.78 is 19.0.